The van der Waals surface area contributed by atoms with Crippen molar-refractivity contribution in [3.05, 3.63) is 41.5 Å². The summed E-state index contributed by atoms with van der Waals surface area (Å²) in [6.07, 6.45) is 7.24. The average molecular weight is 225 g/mol. The first-order valence-corrected chi connectivity index (χ1v) is 6.25. The van der Waals surface area contributed by atoms with Crippen LogP contribution >= 0.6 is 0 Å². The van der Waals surface area contributed by atoms with E-state index in [2.05, 4.69) is 55.1 Å². The molecule has 0 radical (unpaired) electrons. The number of hydrogen-bond donors (Lipinski definition) is 0. The Bertz CT molecular complexity index is 472. The molecular weight excluding hydrogens is 206 g/mol. The predicted octanol–water partition coefficient (Wildman–Crippen LogP) is 3.60. The lowest BCUT2D eigenvalue weighted by Crippen LogP contribution is -2.10. The van der Waals surface area contributed by atoms with Crippen LogP contribution in [-0.2, 0) is 0 Å². The molecule has 0 heterocycles. The van der Waals surface area contributed by atoms with E-state index >= 15 is 0 Å². The van der Waals surface area contributed by atoms with Crippen molar-refractivity contribution in [1.29, 1.82) is 0 Å². The quantitative estimate of drug-likeness (QED) is 0.660. The maximum atomic E-state index is 3.32. The summed E-state index contributed by atoms with van der Waals surface area (Å²) in [6, 6.07) is 8.30. The molecule has 1 aromatic rings. The van der Waals surface area contributed by atoms with E-state index < -0.39 is 0 Å². The molecule has 0 bridgehead atoms. The fourth-order valence-corrected chi connectivity index (χ4v) is 2.07. The molecule has 17 heavy (non-hydrogen) atoms. The van der Waals surface area contributed by atoms with Crippen LogP contribution in [-0.4, -0.2) is 14.1 Å². The van der Waals surface area contributed by atoms with Crippen molar-refractivity contribution in [2.75, 3.05) is 19.0 Å². The molecule has 2 rings (SSSR count). The third-order valence-corrected chi connectivity index (χ3v) is 3.03. The predicted molar refractivity (Wildman–Crippen MR) is 74.2 cm³/mol. The molecule has 0 unspecified atom stereocenters. The average Bonchev–Trinajstić information content (AvgIpc) is 2.38. The van der Waals surface area contributed by atoms with Crippen LogP contribution in [0.2, 0.25) is 0 Å². The van der Waals surface area contributed by atoms with E-state index in [0.717, 1.165) is 12.0 Å². The summed E-state index contributed by atoms with van der Waals surface area (Å²) >= 11 is 0. The Morgan fingerprint density at radius 3 is 2.59 bits per heavy atom. The third kappa shape index (κ3) is 3.14. The summed E-state index contributed by atoms with van der Waals surface area (Å²) in [4.78, 5) is 2.11. The van der Waals surface area contributed by atoms with Crippen molar-refractivity contribution in [2.45, 2.75) is 25.7 Å². The minimum atomic E-state index is 1.11. The zero-order valence-corrected chi connectivity index (χ0v) is 10.7. The van der Waals surface area contributed by atoms with Crippen LogP contribution in [0.1, 0.15) is 31.2 Å². The Morgan fingerprint density at radius 1 is 1.06 bits per heavy atom. The van der Waals surface area contributed by atoms with Crippen LogP contribution in [0.5, 0.6) is 0 Å². The lowest BCUT2D eigenvalue weighted by molar-refractivity contribution is 0.715. The molecule has 0 spiro atoms. The first-order valence-electron chi connectivity index (χ1n) is 6.25. The Hall–Kier alpha value is -1.68. The smallest absolute Gasteiger partial charge is 0.0520 e. The van der Waals surface area contributed by atoms with Crippen LogP contribution in [0, 0.1) is 11.8 Å². The van der Waals surface area contributed by atoms with Crippen LogP contribution < -0.4 is 4.90 Å². The summed E-state index contributed by atoms with van der Waals surface area (Å²) in [6.45, 7) is 0. The highest BCUT2D eigenvalue weighted by Crippen LogP contribution is 2.19. The minimum absolute atomic E-state index is 1.11. The van der Waals surface area contributed by atoms with Gasteiger partial charge in [-0.2, -0.15) is 0 Å². The van der Waals surface area contributed by atoms with Crippen molar-refractivity contribution in [2.24, 2.45) is 0 Å². The molecule has 1 aliphatic rings. The standard InChI is InChI=1S/C16H19N/c1-17(2)16-11-7-6-10-15(16)13-12-14-8-4-3-5-9-14/h6-8,10-11H,3-5,9H2,1-2H3. The lowest BCUT2D eigenvalue weighted by atomic mass is 10.00. The summed E-state index contributed by atoms with van der Waals surface area (Å²) in [5, 5.41) is 0. The monoisotopic (exact) mass is 225 g/mol. The largest absolute Gasteiger partial charge is 0.377 e. The lowest BCUT2D eigenvalue weighted by Gasteiger charge is -2.14. The van der Waals surface area contributed by atoms with E-state index in [0.29, 0.717) is 0 Å². The molecular formula is C16H19N. The van der Waals surface area contributed by atoms with Crippen molar-refractivity contribution >= 4 is 5.69 Å². The molecule has 1 aliphatic carbocycles. The SMILES string of the molecule is CN(C)c1ccccc1C#CC1=CCCCC1. The van der Waals surface area contributed by atoms with Crippen LogP contribution in [0.4, 0.5) is 5.69 Å². The second kappa shape index (κ2) is 5.59. The highest BCUT2D eigenvalue weighted by Gasteiger charge is 2.02. The molecule has 1 nitrogen and oxygen atoms in total. The first kappa shape index (κ1) is 11.8. The molecule has 0 atom stereocenters. The summed E-state index contributed by atoms with van der Waals surface area (Å²) < 4.78 is 0. The van der Waals surface area contributed by atoms with Gasteiger partial charge in [-0.05, 0) is 43.4 Å². The Labute approximate surface area is 104 Å². The van der Waals surface area contributed by atoms with E-state index in [4.69, 9.17) is 0 Å². The summed E-state index contributed by atoms with van der Waals surface area (Å²) in [5.74, 6) is 6.62. The molecule has 0 N–H and O–H groups in total. The van der Waals surface area contributed by atoms with Crippen molar-refractivity contribution in [3.8, 4) is 11.8 Å². The number of rotatable bonds is 1. The molecule has 1 heteroatoms. The number of benzene rings is 1. The maximum Gasteiger partial charge on any atom is 0.0520 e. The number of hydrogen-bond acceptors (Lipinski definition) is 1. The van der Waals surface area contributed by atoms with Gasteiger partial charge in [0.1, 0.15) is 0 Å². The Morgan fingerprint density at radius 2 is 1.88 bits per heavy atom. The molecule has 1 aromatic carbocycles. The van der Waals surface area contributed by atoms with Gasteiger partial charge >= 0.3 is 0 Å². The zero-order chi connectivity index (χ0) is 12.1. The minimum Gasteiger partial charge on any atom is -0.377 e. The first-order chi connectivity index (χ1) is 8.27. The maximum absolute atomic E-state index is 3.32. The second-order valence-corrected chi connectivity index (χ2v) is 4.64. The van der Waals surface area contributed by atoms with Gasteiger partial charge in [0.2, 0.25) is 0 Å². The van der Waals surface area contributed by atoms with Crippen LogP contribution in [0.3, 0.4) is 0 Å². The Kier molecular flexibility index (Phi) is 3.88. The molecule has 0 saturated heterocycles. The van der Waals surface area contributed by atoms with E-state index in [1.807, 2.05) is 6.07 Å². The van der Waals surface area contributed by atoms with Gasteiger partial charge in [0.25, 0.3) is 0 Å². The number of allylic oxidation sites excluding steroid dienone is 2. The highest BCUT2D eigenvalue weighted by atomic mass is 15.1. The number of para-hydroxylation sites is 1. The fraction of sp³-hybridized carbons (Fsp3) is 0.375. The topological polar surface area (TPSA) is 3.24 Å². The van der Waals surface area contributed by atoms with Crippen LogP contribution in [0.15, 0.2) is 35.9 Å². The highest BCUT2D eigenvalue weighted by molar-refractivity contribution is 5.60. The van der Waals surface area contributed by atoms with Gasteiger partial charge < -0.3 is 4.90 Å². The van der Waals surface area contributed by atoms with Crippen molar-refractivity contribution in [1.82, 2.24) is 0 Å². The van der Waals surface area contributed by atoms with E-state index in [1.54, 1.807) is 0 Å². The van der Waals surface area contributed by atoms with Crippen LogP contribution in [0.25, 0.3) is 0 Å². The molecule has 0 saturated carbocycles. The normalized spacial score (nSPS) is 14.6. The van der Waals surface area contributed by atoms with Gasteiger partial charge in [-0.1, -0.05) is 30.0 Å². The van der Waals surface area contributed by atoms with Gasteiger partial charge in [-0.25, -0.2) is 0 Å². The van der Waals surface area contributed by atoms with Crippen molar-refractivity contribution < 1.29 is 0 Å². The molecule has 0 amide bonds. The second-order valence-electron chi connectivity index (χ2n) is 4.64. The van der Waals surface area contributed by atoms with E-state index in [1.165, 1.54) is 30.5 Å². The summed E-state index contributed by atoms with van der Waals surface area (Å²) in [7, 11) is 4.11. The number of anilines is 1. The van der Waals surface area contributed by atoms with Gasteiger partial charge in [-0.15, -0.1) is 0 Å². The molecule has 0 fully saturated rings. The van der Waals surface area contributed by atoms with Gasteiger partial charge in [0.05, 0.1) is 5.69 Å². The van der Waals surface area contributed by atoms with E-state index in [-0.39, 0.29) is 0 Å². The van der Waals surface area contributed by atoms with Gasteiger partial charge in [0.15, 0.2) is 0 Å². The third-order valence-electron chi connectivity index (χ3n) is 3.03. The molecule has 0 aromatic heterocycles. The number of nitrogens with zero attached hydrogens (tertiary/aromatic N) is 1. The van der Waals surface area contributed by atoms with E-state index in [9.17, 15) is 0 Å². The molecule has 0 aliphatic heterocycles. The Balaban J connectivity index is 2.24. The molecule has 88 valence electrons. The zero-order valence-electron chi connectivity index (χ0n) is 10.7. The van der Waals surface area contributed by atoms with Crippen molar-refractivity contribution in [3.63, 3.8) is 0 Å². The van der Waals surface area contributed by atoms with Gasteiger partial charge in [0, 0.05) is 19.7 Å². The van der Waals surface area contributed by atoms with Gasteiger partial charge in [-0.3, -0.25) is 0 Å². The summed E-state index contributed by atoms with van der Waals surface area (Å²) in [5.41, 5.74) is 3.62. The fourth-order valence-electron chi connectivity index (χ4n) is 2.07.